The van der Waals surface area contributed by atoms with Crippen LogP contribution in [0, 0.1) is 10.1 Å². The van der Waals surface area contributed by atoms with Crippen molar-refractivity contribution in [1.29, 1.82) is 0 Å². The molecular weight excluding hydrogens is 208 g/mol. The number of aromatic nitrogens is 1. The summed E-state index contributed by atoms with van der Waals surface area (Å²) in [6.07, 6.45) is 3.17. The van der Waals surface area contributed by atoms with Crippen molar-refractivity contribution < 1.29 is 9.66 Å². The molecule has 5 nitrogen and oxygen atoms in total. The predicted molar refractivity (Wildman–Crippen MR) is 57.4 cm³/mol. The van der Waals surface area contributed by atoms with Crippen molar-refractivity contribution in [3.05, 3.63) is 58.9 Å². The van der Waals surface area contributed by atoms with E-state index in [9.17, 15) is 10.1 Å². The van der Waals surface area contributed by atoms with Crippen molar-refractivity contribution in [1.82, 2.24) is 4.98 Å². The van der Waals surface area contributed by atoms with Crippen LogP contribution in [0.15, 0.2) is 48.8 Å². The molecule has 1 aromatic heterocycles. The number of nitro benzene ring substituents is 1. The van der Waals surface area contributed by atoms with E-state index in [2.05, 4.69) is 4.98 Å². The zero-order chi connectivity index (χ0) is 11.4. The average molecular weight is 216 g/mol. The van der Waals surface area contributed by atoms with Gasteiger partial charge in [-0.15, -0.1) is 0 Å². The van der Waals surface area contributed by atoms with Crippen LogP contribution in [-0.2, 0) is 0 Å². The molecule has 0 saturated heterocycles. The van der Waals surface area contributed by atoms with Gasteiger partial charge in [0, 0.05) is 12.3 Å². The summed E-state index contributed by atoms with van der Waals surface area (Å²) in [4.78, 5) is 14.0. The van der Waals surface area contributed by atoms with E-state index in [0.29, 0.717) is 11.5 Å². The lowest BCUT2D eigenvalue weighted by atomic mass is 10.3. The first-order valence-electron chi connectivity index (χ1n) is 4.58. The van der Waals surface area contributed by atoms with Crippen molar-refractivity contribution >= 4 is 5.69 Å². The lowest BCUT2D eigenvalue weighted by Crippen LogP contribution is -1.89. The largest absolute Gasteiger partial charge is 0.455 e. The molecular formula is C11H8N2O3. The van der Waals surface area contributed by atoms with E-state index in [4.69, 9.17) is 4.74 Å². The summed E-state index contributed by atoms with van der Waals surface area (Å²) in [5.74, 6) is 0.963. The molecule has 0 saturated carbocycles. The maximum absolute atomic E-state index is 10.5. The number of benzene rings is 1. The molecule has 0 fully saturated rings. The van der Waals surface area contributed by atoms with E-state index in [1.165, 1.54) is 12.1 Å². The van der Waals surface area contributed by atoms with E-state index in [1.807, 2.05) is 0 Å². The van der Waals surface area contributed by atoms with Crippen LogP contribution < -0.4 is 4.74 Å². The molecule has 16 heavy (non-hydrogen) atoms. The molecule has 0 aliphatic rings. The number of pyridine rings is 1. The second-order valence-corrected chi connectivity index (χ2v) is 3.05. The maximum atomic E-state index is 10.5. The highest BCUT2D eigenvalue weighted by Gasteiger charge is 2.06. The molecule has 0 radical (unpaired) electrons. The van der Waals surface area contributed by atoms with Gasteiger partial charge in [-0.3, -0.25) is 15.1 Å². The summed E-state index contributed by atoms with van der Waals surface area (Å²) in [6, 6.07) is 9.46. The Labute approximate surface area is 91.5 Å². The van der Waals surface area contributed by atoms with E-state index in [-0.39, 0.29) is 5.69 Å². The fourth-order valence-corrected chi connectivity index (χ4v) is 1.20. The van der Waals surface area contributed by atoms with Crippen molar-refractivity contribution in [3.8, 4) is 11.5 Å². The Morgan fingerprint density at radius 1 is 1.19 bits per heavy atom. The molecule has 2 aromatic rings. The van der Waals surface area contributed by atoms with E-state index in [1.54, 1.807) is 36.7 Å². The number of nitrogens with zero attached hydrogens (tertiary/aromatic N) is 2. The van der Waals surface area contributed by atoms with E-state index >= 15 is 0 Å². The molecule has 0 spiro atoms. The Hall–Kier alpha value is -2.43. The van der Waals surface area contributed by atoms with Crippen LogP contribution in [0.1, 0.15) is 0 Å². The van der Waals surface area contributed by atoms with Crippen LogP contribution in [0.3, 0.4) is 0 Å². The van der Waals surface area contributed by atoms with Gasteiger partial charge in [-0.25, -0.2) is 0 Å². The molecule has 80 valence electrons. The Balaban J connectivity index is 2.22. The summed E-state index contributed by atoms with van der Waals surface area (Å²) in [5, 5.41) is 10.5. The third kappa shape index (κ3) is 2.33. The van der Waals surface area contributed by atoms with Gasteiger partial charge in [0.2, 0.25) is 0 Å². The first-order chi connectivity index (χ1) is 7.75. The number of hydrogen-bond donors (Lipinski definition) is 0. The van der Waals surface area contributed by atoms with Gasteiger partial charge >= 0.3 is 0 Å². The van der Waals surface area contributed by atoms with Crippen LogP contribution in [0.4, 0.5) is 5.69 Å². The quantitative estimate of drug-likeness (QED) is 0.584. The van der Waals surface area contributed by atoms with E-state index < -0.39 is 4.92 Å². The van der Waals surface area contributed by atoms with Gasteiger partial charge in [0.1, 0.15) is 11.5 Å². The van der Waals surface area contributed by atoms with Gasteiger partial charge in [-0.1, -0.05) is 6.07 Å². The van der Waals surface area contributed by atoms with Gasteiger partial charge < -0.3 is 4.74 Å². The molecule has 0 bridgehead atoms. The third-order valence-electron chi connectivity index (χ3n) is 1.90. The Kier molecular flexibility index (Phi) is 2.77. The molecule has 5 heteroatoms. The number of hydrogen-bond acceptors (Lipinski definition) is 4. The summed E-state index contributed by atoms with van der Waals surface area (Å²) in [5.41, 5.74) is 0.00129. The summed E-state index contributed by atoms with van der Waals surface area (Å²) in [6.45, 7) is 0. The summed E-state index contributed by atoms with van der Waals surface area (Å²) < 4.78 is 5.40. The van der Waals surface area contributed by atoms with Crippen LogP contribution in [0.2, 0.25) is 0 Å². The second-order valence-electron chi connectivity index (χ2n) is 3.05. The first-order valence-corrected chi connectivity index (χ1v) is 4.58. The zero-order valence-corrected chi connectivity index (χ0v) is 8.24. The molecule has 0 aliphatic carbocycles. The SMILES string of the molecule is O=[N+]([O-])c1cccc(Oc2cccnc2)c1. The Morgan fingerprint density at radius 3 is 2.69 bits per heavy atom. The smallest absolute Gasteiger partial charge is 0.273 e. The monoisotopic (exact) mass is 216 g/mol. The van der Waals surface area contributed by atoms with Crippen molar-refractivity contribution in [2.45, 2.75) is 0 Å². The molecule has 0 amide bonds. The van der Waals surface area contributed by atoms with E-state index in [0.717, 1.165) is 0 Å². The van der Waals surface area contributed by atoms with Crippen molar-refractivity contribution in [3.63, 3.8) is 0 Å². The highest BCUT2D eigenvalue weighted by atomic mass is 16.6. The maximum Gasteiger partial charge on any atom is 0.273 e. The fraction of sp³-hybridized carbons (Fsp3) is 0. The average Bonchev–Trinajstić information content (AvgIpc) is 2.30. The third-order valence-corrected chi connectivity index (χ3v) is 1.90. The zero-order valence-electron chi connectivity index (χ0n) is 8.24. The van der Waals surface area contributed by atoms with Gasteiger partial charge in [0.05, 0.1) is 17.2 Å². The minimum Gasteiger partial charge on any atom is -0.455 e. The van der Waals surface area contributed by atoms with Crippen molar-refractivity contribution in [2.75, 3.05) is 0 Å². The van der Waals surface area contributed by atoms with Crippen LogP contribution in [0.25, 0.3) is 0 Å². The van der Waals surface area contributed by atoms with Gasteiger partial charge in [-0.05, 0) is 18.2 Å². The predicted octanol–water partition coefficient (Wildman–Crippen LogP) is 2.78. The molecule has 0 unspecified atom stereocenters. The number of ether oxygens (including phenoxy) is 1. The minimum absolute atomic E-state index is 0.00129. The normalized spacial score (nSPS) is 9.75. The van der Waals surface area contributed by atoms with Gasteiger partial charge in [-0.2, -0.15) is 0 Å². The van der Waals surface area contributed by atoms with Gasteiger partial charge in [0.25, 0.3) is 5.69 Å². The number of rotatable bonds is 3. The first kappa shape index (κ1) is 10.1. The topological polar surface area (TPSA) is 65.3 Å². The van der Waals surface area contributed by atoms with Crippen molar-refractivity contribution in [2.24, 2.45) is 0 Å². The standard InChI is InChI=1S/C11H8N2O3/c14-13(15)9-3-1-4-10(7-9)16-11-5-2-6-12-8-11/h1-8H. The molecule has 1 heterocycles. The molecule has 0 aliphatic heterocycles. The highest BCUT2D eigenvalue weighted by Crippen LogP contribution is 2.24. The lowest BCUT2D eigenvalue weighted by molar-refractivity contribution is -0.384. The van der Waals surface area contributed by atoms with Gasteiger partial charge in [0.15, 0.2) is 0 Å². The van der Waals surface area contributed by atoms with Crippen LogP contribution >= 0.6 is 0 Å². The minimum atomic E-state index is -0.462. The summed E-state index contributed by atoms with van der Waals surface area (Å²) >= 11 is 0. The van der Waals surface area contributed by atoms with Crippen LogP contribution in [-0.4, -0.2) is 9.91 Å². The molecule has 1 aromatic carbocycles. The van der Waals surface area contributed by atoms with Crippen LogP contribution in [0.5, 0.6) is 11.5 Å². The Morgan fingerprint density at radius 2 is 2.00 bits per heavy atom. The number of non-ortho nitro benzene ring substituents is 1. The highest BCUT2D eigenvalue weighted by molar-refractivity contribution is 5.40. The second kappa shape index (κ2) is 4.39. The molecule has 0 atom stereocenters. The molecule has 2 rings (SSSR count). The number of nitro groups is 1. The lowest BCUT2D eigenvalue weighted by Gasteiger charge is -2.03. The summed E-state index contributed by atoms with van der Waals surface area (Å²) in [7, 11) is 0. The fourth-order valence-electron chi connectivity index (χ4n) is 1.20. The molecule has 0 N–H and O–H groups in total. The Bertz CT molecular complexity index is 500.